The molecule has 2 aromatic rings. The van der Waals surface area contributed by atoms with E-state index < -0.39 is 0 Å². The highest BCUT2D eigenvalue weighted by molar-refractivity contribution is 5.85. The fourth-order valence-electron chi connectivity index (χ4n) is 2.95. The SMILES string of the molecule is Cl.O=C(COc1ccc(OCc2ccccc2)cc1)NCCC1CCNC1. The van der Waals surface area contributed by atoms with Crippen LogP contribution < -0.4 is 20.1 Å². The molecular formula is C21H27ClN2O3. The largest absolute Gasteiger partial charge is 0.489 e. The maximum absolute atomic E-state index is 11.8. The highest BCUT2D eigenvalue weighted by atomic mass is 35.5. The van der Waals surface area contributed by atoms with Crippen molar-refractivity contribution < 1.29 is 14.3 Å². The Labute approximate surface area is 166 Å². The maximum atomic E-state index is 11.8. The molecular weight excluding hydrogens is 364 g/mol. The normalized spacial score (nSPS) is 15.6. The van der Waals surface area contributed by atoms with Crippen LogP contribution in [0.2, 0.25) is 0 Å². The summed E-state index contributed by atoms with van der Waals surface area (Å²) < 4.78 is 11.3. The Morgan fingerprint density at radius 2 is 1.74 bits per heavy atom. The monoisotopic (exact) mass is 390 g/mol. The molecule has 146 valence electrons. The first-order valence-electron chi connectivity index (χ1n) is 9.16. The van der Waals surface area contributed by atoms with Crippen LogP contribution in [0.5, 0.6) is 11.5 Å². The molecule has 2 N–H and O–H groups in total. The molecule has 1 unspecified atom stereocenters. The van der Waals surface area contributed by atoms with E-state index in [4.69, 9.17) is 9.47 Å². The summed E-state index contributed by atoms with van der Waals surface area (Å²) >= 11 is 0. The van der Waals surface area contributed by atoms with Crippen LogP contribution in [-0.2, 0) is 11.4 Å². The summed E-state index contributed by atoms with van der Waals surface area (Å²) in [7, 11) is 0. The van der Waals surface area contributed by atoms with Crippen molar-refractivity contribution >= 4 is 18.3 Å². The quantitative estimate of drug-likeness (QED) is 0.690. The molecule has 0 radical (unpaired) electrons. The Hall–Kier alpha value is -2.24. The van der Waals surface area contributed by atoms with Gasteiger partial charge in [0.2, 0.25) is 0 Å². The van der Waals surface area contributed by atoms with E-state index in [1.165, 1.54) is 6.42 Å². The second-order valence-corrected chi connectivity index (χ2v) is 6.53. The van der Waals surface area contributed by atoms with E-state index in [0.29, 0.717) is 24.8 Å². The van der Waals surface area contributed by atoms with Crippen molar-refractivity contribution in [1.82, 2.24) is 10.6 Å². The van der Waals surface area contributed by atoms with Gasteiger partial charge in [0.25, 0.3) is 5.91 Å². The highest BCUT2D eigenvalue weighted by Crippen LogP contribution is 2.18. The van der Waals surface area contributed by atoms with Crippen LogP contribution in [0.3, 0.4) is 0 Å². The molecule has 27 heavy (non-hydrogen) atoms. The number of hydrogen-bond donors (Lipinski definition) is 2. The zero-order valence-corrected chi connectivity index (χ0v) is 16.2. The second kappa shape index (κ2) is 11.5. The van der Waals surface area contributed by atoms with Crippen LogP contribution in [-0.4, -0.2) is 32.1 Å². The van der Waals surface area contributed by atoms with Crippen LogP contribution in [0.4, 0.5) is 0 Å². The average molecular weight is 391 g/mol. The fraction of sp³-hybridized carbons (Fsp3) is 0.381. The molecule has 2 aromatic carbocycles. The molecule has 0 spiro atoms. The summed E-state index contributed by atoms with van der Waals surface area (Å²) in [6.45, 7) is 3.42. The first-order valence-corrected chi connectivity index (χ1v) is 9.16. The van der Waals surface area contributed by atoms with Gasteiger partial charge in [-0.15, -0.1) is 12.4 Å². The summed E-state index contributed by atoms with van der Waals surface area (Å²) in [4.78, 5) is 11.8. The Morgan fingerprint density at radius 3 is 2.41 bits per heavy atom. The van der Waals surface area contributed by atoms with Gasteiger partial charge in [0.15, 0.2) is 6.61 Å². The molecule has 6 heteroatoms. The van der Waals surface area contributed by atoms with Gasteiger partial charge in [0.05, 0.1) is 0 Å². The third kappa shape index (κ3) is 7.49. The van der Waals surface area contributed by atoms with Gasteiger partial charge < -0.3 is 20.1 Å². The van der Waals surface area contributed by atoms with Gasteiger partial charge in [-0.2, -0.15) is 0 Å². The van der Waals surface area contributed by atoms with Crippen molar-refractivity contribution in [2.45, 2.75) is 19.4 Å². The smallest absolute Gasteiger partial charge is 0.257 e. The molecule has 0 bridgehead atoms. The minimum atomic E-state index is -0.0830. The number of carbonyl (C=O) groups is 1. The number of rotatable bonds is 9. The number of benzene rings is 2. The van der Waals surface area contributed by atoms with Crippen molar-refractivity contribution in [2.75, 3.05) is 26.2 Å². The summed E-state index contributed by atoms with van der Waals surface area (Å²) in [6, 6.07) is 17.4. The third-order valence-corrected chi connectivity index (χ3v) is 4.48. The van der Waals surface area contributed by atoms with Crippen molar-refractivity contribution in [3.63, 3.8) is 0 Å². The van der Waals surface area contributed by atoms with Crippen LogP contribution in [0.1, 0.15) is 18.4 Å². The van der Waals surface area contributed by atoms with Gasteiger partial charge in [-0.25, -0.2) is 0 Å². The van der Waals surface area contributed by atoms with E-state index in [1.807, 2.05) is 54.6 Å². The Balaban J connectivity index is 0.00000261. The Morgan fingerprint density at radius 1 is 1.04 bits per heavy atom. The summed E-state index contributed by atoms with van der Waals surface area (Å²) in [5, 5.41) is 6.25. The van der Waals surface area contributed by atoms with Crippen LogP contribution >= 0.6 is 12.4 Å². The van der Waals surface area contributed by atoms with E-state index in [-0.39, 0.29) is 24.9 Å². The van der Waals surface area contributed by atoms with Crippen LogP contribution in [0.25, 0.3) is 0 Å². The van der Waals surface area contributed by atoms with Gasteiger partial charge >= 0.3 is 0 Å². The first-order chi connectivity index (χ1) is 12.8. The molecule has 1 aliphatic rings. The van der Waals surface area contributed by atoms with Crippen molar-refractivity contribution in [3.8, 4) is 11.5 Å². The lowest BCUT2D eigenvalue weighted by Gasteiger charge is -2.11. The topological polar surface area (TPSA) is 59.6 Å². The molecule has 1 saturated heterocycles. The summed E-state index contributed by atoms with van der Waals surface area (Å²) in [6.07, 6.45) is 2.22. The van der Waals surface area contributed by atoms with Crippen LogP contribution in [0, 0.1) is 5.92 Å². The maximum Gasteiger partial charge on any atom is 0.257 e. The zero-order chi connectivity index (χ0) is 18.0. The minimum Gasteiger partial charge on any atom is -0.489 e. The van der Waals surface area contributed by atoms with Gasteiger partial charge in [-0.05, 0) is 61.7 Å². The number of hydrogen-bond acceptors (Lipinski definition) is 4. The number of carbonyl (C=O) groups excluding carboxylic acids is 1. The number of nitrogens with one attached hydrogen (secondary N) is 2. The van der Waals surface area contributed by atoms with Gasteiger partial charge in [-0.3, -0.25) is 4.79 Å². The molecule has 3 rings (SSSR count). The van der Waals surface area contributed by atoms with Gasteiger partial charge in [0, 0.05) is 6.54 Å². The Kier molecular flexibility index (Phi) is 8.95. The highest BCUT2D eigenvalue weighted by Gasteiger charge is 2.14. The summed E-state index contributed by atoms with van der Waals surface area (Å²) in [5.74, 6) is 2.03. The van der Waals surface area contributed by atoms with E-state index >= 15 is 0 Å². The second-order valence-electron chi connectivity index (χ2n) is 6.53. The van der Waals surface area contributed by atoms with Crippen molar-refractivity contribution in [2.24, 2.45) is 5.92 Å². The molecule has 0 aromatic heterocycles. The summed E-state index contributed by atoms with van der Waals surface area (Å²) in [5.41, 5.74) is 1.12. The lowest BCUT2D eigenvalue weighted by molar-refractivity contribution is -0.123. The number of amides is 1. The fourth-order valence-corrected chi connectivity index (χ4v) is 2.95. The lowest BCUT2D eigenvalue weighted by Crippen LogP contribution is -2.30. The standard InChI is InChI=1S/C21H26N2O3.ClH/c24-21(23-13-11-17-10-12-22-14-17)16-26-20-8-6-19(7-9-20)25-15-18-4-2-1-3-5-18;/h1-9,17,22H,10-16H2,(H,23,24);1H. The molecule has 1 atom stereocenters. The van der Waals surface area contributed by atoms with Crippen molar-refractivity contribution in [1.29, 1.82) is 0 Å². The van der Waals surface area contributed by atoms with Crippen LogP contribution in [0.15, 0.2) is 54.6 Å². The predicted molar refractivity (Wildman–Crippen MR) is 109 cm³/mol. The molecule has 1 amide bonds. The molecule has 0 saturated carbocycles. The molecule has 1 fully saturated rings. The predicted octanol–water partition coefficient (Wildman–Crippen LogP) is 3.18. The van der Waals surface area contributed by atoms with E-state index in [2.05, 4.69) is 10.6 Å². The Bertz CT molecular complexity index is 674. The number of halogens is 1. The minimum absolute atomic E-state index is 0. The van der Waals surface area contributed by atoms with E-state index in [9.17, 15) is 4.79 Å². The van der Waals surface area contributed by atoms with E-state index in [1.54, 1.807) is 0 Å². The van der Waals surface area contributed by atoms with Gasteiger partial charge in [-0.1, -0.05) is 30.3 Å². The molecule has 1 aliphatic heterocycles. The first kappa shape index (κ1) is 21.1. The van der Waals surface area contributed by atoms with Gasteiger partial charge in [0.1, 0.15) is 18.1 Å². The van der Waals surface area contributed by atoms with Crippen molar-refractivity contribution in [3.05, 3.63) is 60.2 Å². The zero-order valence-electron chi connectivity index (χ0n) is 15.4. The average Bonchev–Trinajstić information content (AvgIpc) is 3.20. The third-order valence-electron chi connectivity index (χ3n) is 4.48. The molecule has 0 aliphatic carbocycles. The molecule has 1 heterocycles. The number of ether oxygens (including phenoxy) is 2. The van der Waals surface area contributed by atoms with E-state index in [0.717, 1.165) is 30.8 Å². The molecule has 5 nitrogen and oxygen atoms in total. The lowest BCUT2D eigenvalue weighted by atomic mass is 10.1.